The summed E-state index contributed by atoms with van der Waals surface area (Å²) in [6.45, 7) is -0.0655. The van der Waals surface area contributed by atoms with Crippen molar-refractivity contribution in [1.82, 2.24) is 4.98 Å². The standard InChI is InChI=1S/C19H14F3N3O2/c20-19(21,22)13-4-3-5-14(9-13)25-11-12(8-17(25)26)18(27)15(10-23)16-6-1-2-7-24-16/h1-7,9,12,15H,8,11H2/t12-,15+/m1/s1. The highest BCUT2D eigenvalue weighted by Crippen LogP contribution is 2.34. The van der Waals surface area contributed by atoms with Gasteiger partial charge in [-0.15, -0.1) is 0 Å². The summed E-state index contributed by atoms with van der Waals surface area (Å²) in [5.74, 6) is -2.81. The van der Waals surface area contributed by atoms with Crippen molar-refractivity contribution >= 4 is 17.4 Å². The Morgan fingerprint density at radius 1 is 1.26 bits per heavy atom. The smallest absolute Gasteiger partial charge is 0.312 e. The number of pyridine rings is 1. The van der Waals surface area contributed by atoms with E-state index < -0.39 is 35.3 Å². The highest BCUT2D eigenvalue weighted by atomic mass is 19.4. The molecule has 1 aliphatic rings. The predicted octanol–water partition coefficient (Wildman–Crippen LogP) is 3.33. The minimum Gasteiger partial charge on any atom is -0.312 e. The maximum Gasteiger partial charge on any atom is 0.416 e. The fourth-order valence-electron chi connectivity index (χ4n) is 3.06. The minimum absolute atomic E-state index is 0.0655. The lowest BCUT2D eigenvalue weighted by Crippen LogP contribution is -2.28. The third-order valence-corrected chi connectivity index (χ3v) is 4.41. The van der Waals surface area contributed by atoms with Gasteiger partial charge in [0.25, 0.3) is 0 Å². The second kappa shape index (κ2) is 7.19. The van der Waals surface area contributed by atoms with Crippen molar-refractivity contribution in [3.8, 4) is 6.07 Å². The van der Waals surface area contributed by atoms with Crippen LogP contribution < -0.4 is 4.90 Å². The van der Waals surface area contributed by atoms with Crippen molar-refractivity contribution in [3.63, 3.8) is 0 Å². The van der Waals surface area contributed by atoms with E-state index in [1.807, 2.05) is 6.07 Å². The van der Waals surface area contributed by atoms with Gasteiger partial charge in [-0.25, -0.2) is 0 Å². The largest absolute Gasteiger partial charge is 0.416 e. The molecule has 8 heteroatoms. The van der Waals surface area contributed by atoms with E-state index in [0.29, 0.717) is 0 Å². The Labute approximate surface area is 153 Å². The van der Waals surface area contributed by atoms with Gasteiger partial charge in [0.15, 0.2) is 5.78 Å². The summed E-state index contributed by atoms with van der Waals surface area (Å²) in [6.07, 6.45) is -3.22. The molecule has 1 aromatic carbocycles. The highest BCUT2D eigenvalue weighted by Gasteiger charge is 2.39. The molecular formula is C19H14F3N3O2. The predicted molar refractivity (Wildman–Crippen MR) is 89.5 cm³/mol. The summed E-state index contributed by atoms with van der Waals surface area (Å²) < 4.78 is 38.7. The van der Waals surface area contributed by atoms with Crippen LogP contribution in [-0.4, -0.2) is 23.2 Å². The zero-order chi connectivity index (χ0) is 19.6. The summed E-state index contributed by atoms with van der Waals surface area (Å²) in [7, 11) is 0. The molecule has 0 spiro atoms. The summed E-state index contributed by atoms with van der Waals surface area (Å²) in [6, 6.07) is 11.1. The second-order valence-electron chi connectivity index (χ2n) is 6.17. The first-order chi connectivity index (χ1) is 12.8. The number of Topliss-reactive ketones (excluding diaryl/α,β-unsaturated/α-hetero) is 1. The first kappa shape index (κ1) is 18.6. The van der Waals surface area contributed by atoms with Gasteiger partial charge in [0.1, 0.15) is 5.92 Å². The van der Waals surface area contributed by atoms with E-state index in [1.54, 1.807) is 18.2 Å². The number of rotatable bonds is 4. The summed E-state index contributed by atoms with van der Waals surface area (Å²) >= 11 is 0. The molecular weight excluding hydrogens is 359 g/mol. The molecule has 1 aromatic heterocycles. The number of carbonyl (C=O) groups excluding carboxylic acids is 2. The minimum atomic E-state index is -4.53. The van der Waals surface area contributed by atoms with Crippen molar-refractivity contribution in [2.24, 2.45) is 5.92 Å². The lowest BCUT2D eigenvalue weighted by atomic mass is 9.90. The van der Waals surface area contributed by atoms with E-state index in [1.165, 1.54) is 18.3 Å². The van der Waals surface area contributed by atoms with Crippen LogP contribution in [0.15, 0.2) is 48.7 Å². The third kappa shape index (κ3) is 3.82. The molecule has 0 N–H and O–H groups in total. The molecule has 2 atom stereocenters. The van der Waals surface area contributed by atoms with E-state index in [-0.39, 0.29) is 24.3 Å². The number of aromatic nitrogens is 1. The van der Waals surface area contributed by atoms with Crippen LogP contribution >= 0.6 is 0 Å². The van der Waals surface area contributed by atoms with Crippen LogP contribution in [0.2, 0.25) is 0 Å². The van der Waals surface area contributed by atoms with Gasteiger partial charge < -0.3 is 4.90 Å². The van der Waals surface area contributed by atoms with Crippen molar-refractivity contribution in [2.45, 2.75) is 18.5 Å². The van der Waals surface area contributed by atoms with Gasteiger partial charge in [-0.05, 0) is 30.3 Å². The van der Waals surface area contributed by atoms with E-state index in [4.69, 9.17) is 0 Å². The Kier molecular flexibility index (Phi) is 4.95. The Balaban J connectivity index is 1.81. The van der Waals surface area contributed by atoms with Gasteiger partial charge >= 0.3 is 6.18 Å². The van der Waals surface area contributed by atoms with E-state index in [0.717, 1.165) is 17.0 Å². The van der Waals surface area contributed by atoms with Crippen LogP contribution in [0.25, 0.3) is 0 Å². The molecule has 27 heavy (non-hydrogen) atoms. The number of benzene rings is 1. The molecule has 1 aliphatic heterocycles. The molecule has 3 rings (SSSR count). The van der Waals surface area contributed by atoms with Crippen LogP contribution in [0, 0.1) is 17.2 Å². The number of hydrogen-bond acceptors (Lipinski definition) is 4. The monoisotopic (exact) mass is 373 g/mol. The van der Waals surface area contributed by atoms with E-state index >= 15 is 0 Å². The fourth-order valence-corrected chi connectivity index (χ4v) is 3.06. The zero-order valence-corrected chi connectivity index (χ0v) is 14.0. The average molecular weight is 373 g/mol. The first-order valence-electron chi connectivity index (χ1n) is 8.13. The number of amides is 1. The zero-order valence-electron chi connectivity index (χ0n) is 14.0. The summed E-state index contributed by atoms with van der Waals surface area (Å²) in [4.78, 5) is 30.2. The van der Waals surface area contributed by atoms with Crippen molar-refractivity contribution < 1.29 is 22.8 Å². The Morgan fingerprint density at radius 2 is 2.04 bits per heavy atom. The number of nitriles is 1. The average Bonchev–Trinajstić information content (AvgIpc) is 3.04. The van der Waals surface area contributed by atoms with Gasteiger partial charge in [-0.1, -0.05) is 12.1 Å². The maximum absolute atomic E-state index is 12.9. The molecule has 0 bridgehead atoms. The number of hydrogen-bond donors (Lipinski definition) is 0. The van der Waals surface area contributed by atoms with Crippen molar-refractivity contribution in [3.05, 3.63) is 59.9 Å². The molecule has 0 aliphatic carbocycles. The molecule has 5 nitrogen and oxygen atoms in total. The molecule has 2 aromatic rings. The molecule has 0 saturated carbocycles. The number of alkyl halides is 3. The molecule has 2 heterocycles. The number of halogens is 3. The van der Waals surface area contributed by atoms with Gasteiger partial charge in [-0.2, -0.15) is 18.4 Å². The molecule has 1 amide bonds. The summed E-state index contributed by atoms with van der Waals surface area (Å²) in [5, 5.41) is 9.35. The van der Waals surface area contributed by atoms with Crippen molar-refractivity contribution in [2.75, 3.05) is 11.4 Å². The van der Waals surface area contributed by atoms with Crippen LogP contribution in [0.4, 0.5) is 18.9 Å². The van der Waals surface area contributed by atoms with E-state index in [2.05, 4.69) is 4.98 Å². The molecule has 138 valence electrons. The summed E-state index contributed by atoms with van der Waals surface area (Å²) in [5.41, 5.74) is -0.502. The maximum atomic E-state index is 12.9. The van der Waals surface area contributed by atoms with Gasteiger partial charge in [0.2, 0.25) is 5.91 Å². The van der Waals surface area contributed by atoms with Crippen LogP contribution in [0.3, 0.4) is 0 Å². The Hall–Kier alpha value is -3.21. The van der Waals surface area contributed by atoms with Crippen LogP contribution in [-0.2, 0) is 15.8 Å². The Morgan fingerprint density at radius 3 is 2.67 bits per heavy atom. The van der Waals surface area contributed by atoms with Crippen LogP contribution in [0.5, 0.6) is 0 Å². The third-order valence-electron chi connectivity index (χ3n) is 4.41. The Bertz CT molecular complexity index is 906. The molecule has 0 unspecified atom stereocenters. The number of carbonyl (C=O) groups is 2. The van der Waals surface area contributed by atoms with Gasteiger partial charge in [-0.3, -0.25) is 14.6 Å². The van der Waals surface area contributed by atoms with Crippen LogP contribution in [0.1, 0.15) is 23.6 Å². The quantitative estimate of drug-likeness (QED) is 0.824. The molecule has 1 fully saturated rings. The second-order valence-corrected chi connectivity index (χ2v) is 6.17. The topological polar surface area (TPSA) is 74.1 Å². The number of ketones is 1. The van der Waals surface area contributed by atoms with Gasteiger partial charge in [0.05, 0.1) is 17.3 Å². The highest BCUT2D eigenvalue weighted by molar-refractivity contribution is 6.02. The van der Waals surface area contributed by atoms with Crippen molar-refractivity contribution in [1.29, 1.82) is 5.26 Å². The van der Waals surface area contributed by atoms with E-state index in [9.17, 15) is 28.0 Å². The van der Waals surface area contributed by atoms with Gasteiger partial charge in [0, 0.05) is 30.8 Å². The fraction of sp³-hybridized carbons (Fsp3) is 0.263. The SMILES string of the molecule is N#C[C@H](C(=O)[C@@H]1CC(=O)N(c2cccc(C(F)(F)F)c2)C1)c1ccccn1. The molecule has 0 radical (unpaired) electrons. The lowest BCUT2D eigenvalue weighted by Gasteiger charge is -2.18. The normalized spacial score (nSPS) is 18.2. The lowest BCUT2D eigenvalue weighted by molar-refractivity contribution is -0.137. The number of nitrogens with zero attached hydrogens (tertiary/aromatic N) is 3. The number of anilines is 1. The first-order valence-corrected chi connectivity index (χ1v) is 8.13. The molecule has 1 saturated heterocycles.